The molecule has 12 heteroatoms. The fraction of sp³-hybridized carbons (Fsp3) is 0.346. The number of nitrogens with one attached hydrogen (secondary N) is 1. The Kier molecular flexibility index (Phi) is 8.13. The molecule has 1 aromatic carbocycles. The first-order chi connectivity index (χ1) is 18.2. The molecule has 3 aromatic rings. The van der Waals surface area contributed by atoms with Crippen LogP contribution in [0.15, 0.2) is 41.4 Å². The van der Waals surface area contributed by atoms with E-state index in [2.05, 4.69) is 20.4 Å². The van der Waals surface area contributed by atoms with E-state index in [0.29, 0.717) is 46.1 Å². The highest BCUT2D eigenvalue weighted by Gasteiger charge is 2.30. The second kappa shape index (κ2) is 11.5. The van der Waals surface area contributed by atoms with Crippen molar-refractivity contribution in [2.75, 3.05) is 33.5 Å². The van der Waals surface area contributed by atoms with Gasteiger partial charge in [-0.1, -0.05) is 12.1 Å². The summed E-state index contributed by atoms with van der Waals surface area (Å²) in [7, 11) is 4.71. The van der Waals surface area contributed by atoms with Crippen molar-refractivity contribution in [3.63, 3.8) is 0 Å². The molecule has 0 spiro atoms. The summed E-state index contributed by atoms with van der Waals surface area (Å²) in [5.41, 5.74) is 12.3. The fourth-order valence-corrected chi connectivity index (χ4v) is 4.30. The number of halogens is 1. The molecule has 0 saturated carbocycles. The van der Waals surface area contributed by atoms with Gasteiger partial charge in [0.15, 0.2) is 11.9 Å². The summed E-state index contributed by atoms with van der Waals surface area (Å²) in [6.07, 6.45) is -0.527. The number of anilines is 1. The van der Waals surface area contributed by atoms with Gasteiger partial charge in [0, 0.05) is 45.2 Å². The molecule has 0 bridgehead atoms. The normalized spacial score (nSPS) is 15.3. The number of nitrogens with two attached hydrogens (primary N) is 1. The van der Waals surface area contributed by atoms with E-state index >= 15 is 0 Å². The van der Waals surface area contributed by atoms with E-state index in [1.165, 1.54) is 24.1 Å². The van der Waals surface area contributed by atoms with E-state index in [1.807, 2.05) is 0 Å². The highest BCUT2D eigenvalue weighted by atomic mass is 19.1. The average Bonchev–Trinajstić information content (AvgIpc) is 2.89. The van der Waals surface area contributed by atoms with Gasteiger partial charge in [0.2, 0.25) is 11.8 Å². The molecule has 1 amide bonds. The maximum atomic E-state index is 14.4. The van der Waals surface area contributed by atoms with Gasteiger partial charge < -0.3 is 20.5 Å². The van der Waals surface area contributed by atoms with Gasteiger partial charge in [-0.25, -0.2) is 24.8 Å². The number of hydrogen-bond acceptors (Lipinski definition) is 10. The zero-order valence-corrected chi connectivity index (χ0v) is 21.6. The van der Waals surface area contributed by atoms with E-state index in [-0.39, 0.29) is 30.7 Å². The largest absolute Gasteiger partial charge is 0.481 e. The maximum Gasteiger partial charge on any atom is 0.254 e. The van der Waals surface area contributed by atoms with Crippen LogP contribution in [0.5, 0.6) is 5.88 Å². The molecule has 2 aromatic heterocycles. The smallest absolute Gasteiger partial charge is 0.254 e. The number of aliphatic imine (C=N–C) groups is 1. The monoisotopic (exact) mass is 523 g/mol. The van der Waals surface area contributed by atoms with Crippen LogP contribution < -0.4 is 16.0 Å². The van der Waals surface area contributed by atoms with Crippen molar-refractivity contribution < 1.29 is 23.9 Å². The quantitative estimate of drug-likeness (QED) is 0.377. The Morgan fingerprint density at radius 3 is 2.76 bits per heavy atom. The van der Waals surface area contributed by atoms with Crippen LogP contribution in [0.4, 0.5) is 10.3 Å². The van der Waals surface area contributed by atoms with Gasteiger partial charge in [0.05, 0.1) is 35.8 Å². The molecular formula is C26H30FN7O4. The Bertz CT molecular complexity index is 1370. The number of benzene rings is 1. The third kappa shape index (κ3) is 5.71. The predicted molar refractivity (Wildman–Crippen MR) is 139 cm³/mol. The van der Waals surface area contributed by atoms with Gasteiger partial charge in [-0.3, -0.25) is 14.6 Å². The van der Waals surface area contributed by atoms with Crippen molar-refractivity contribution in [1.82, 2.24) is 25.3 Å². The number of amides is 1. The lowest BCUT2D eigenvalue weighted by atomic mass is 9.91. The summed E-state index contributed by atoms with van der Waals surface area (Å²) in [5, 5.41) is 9.44. The van der Waals surface area contributed by atoms with Crippen molar-refractivity contribution in [3.8, 4) is 17.1 Å². The molecule has 3 heterocycles. The van der Waals surface area contributed by atoms with Crippen LogP contribution >= 0.6 is 0 Å². The number of rotatable bonds is 8. The second-order valence-corrected chi connectivity index (χ2v) is 8.94. The summed E-state index contributed by atoms with van der Waals surface area (Å²) in [6, 6.07) is 9.14. The number of aryl methyl sites for hydroxylation is 1. The van der Waals surface area contributed by atoms with Crippen molar-refractivity contribution >= 4 is 17.7 Å². The molecule has 4 rings (SSSR count). The van der Waals surface area contributed by atoms with Crippen LogP contribution in [0.25, 0.3) is 11.3 Å². The lowest BCUT2D eigenvalue weighted by Gasteiger charge is -2.27. The summed E-state index contributed by atoms with van der Waals surface area (Å²) < 4.78 is 19.7. The summed E-state index contributed by atoms with van der Waals surface area (Å²) in [6.45, 7) is 1.52. The van der Waals surface area contributed by atoms with Gasteiger partial charge in [-0.2, -0.15) is 0 Å². The van der Waals surface area contributed by atoms with E-state index < -0.39 is 18.0 Å². The highest BCUT2D eigenvalue weighted by Crippen LogP contribution is 2.36. The molecule has 2 atom stereocenters. The van der Waals surface area contributed by atoms with Crippen LogP contribution in [-0.4, -0.2) is 70.6 Å². The number of pyridine rings is 1. The zero-order valence-electron chi connectivity index (χ0n) is 21.6. The third-order valence-corrected chi connectivity index (χ3v) is 6.08. The van der Waals surface area contributed by atoms with Crippen molar-refractivity contribution in [1.29, 1.82) is 0 Å². The van der Waals surface area contributed by atoms with E-state index in [0.717, 1.165) is 0 Å². The molecule has 0 unspecified atom stereocenters. The molecule has 0 aliphatic carbocycles. The van der Waals surface area contributed by atoms with Crippen LogP contribution in [0.1, 0.15) is 35.0 Å². The van der Waals surface area contributed by atoms with Crippen molar-refractivity contribution in [3.05, 3.63) is 64.7 Å². The Morgan fingerprint density at radius 2 is 2.05 bits per heavy atom. The number of aromatic nitrogens is 3. The number of likely N-dealkylation sites (N-methyl/N-ethyl adjacent to an activating group) is 1. The first-order valence-electron chi connectivity index (χ1n) is 12.0. The van der Waals surface area contributed by atoms with Gasteiger partial charge >= 0.3 is 0 Å². The maximum absolute atomic E-state index is 14.4. The summed E-state index contributed by atoms with van der Waals surface area (Å²) in [4.78, 5) is 37.7. The first kappa shape index (κ1) is 26.9. The molecule has 1 aliphatic rings. The minimum Gasteiger partial charge on any atom is -0.481 e. The van der Waals surface area contributed by atoms with Crippen molar-refractivity contribution in [2.45, 2.75) is 31.9 Å². The number of amidine groups is 1. The Hall–Kier alpha value is -4.16. The number of aliphatic hydroxyl groups excluding tert-OH is 1. The average molecular weight is 524 g/mol. The number of methoxy groups -OCH3 is 1. The Balaban J connectivity index is 1.78. The van der Waals surface area contributed by atoms with E-state index in [4.69, 9.17) is 20.3 Å². The Labute approximate surface area is 219 Å². The lowest BCUT2D eigenvalue weighted by molar-refractivity contribution is -0.145. The predicted octanol–water partition coefficient (Wildman–Crippen LogP) is 1.98. The molecule has 4 N–H and O–H groups in total. The minimum absolute atomic E-state index is 0.0778. The summed E-state index contributed by atoms with van der Waals surface area (Å²) >= 11 is 0. The SMILES string of the molecule is COc1cccc(-c2cc(F)ccc2[C@H]2Cc3nc(N)nc(C)c3C(NO[C@@H](CCO)C(=O)N(C)C)=N2)n1. The van der Waals surface area contributed by atoms with E-state index in [9.17, 15) is 14.3 Å². The second-order valence-electron chi connectivity index (χ2n) is 8.94. The number of aliphatic hydroxyl groups is 1. The van der Waals surface area contributed by atoms with Gasteiger partial charge in [-0.15, -0.1) is 0 Å². The lowest BCUT2D eigenvalue weighted by Crippen LogP contribution is -2.42. The van der Waals surface area contributed by atoms with Crippen LogP contribution in [-0.2, 0) is 16.1 Å². The van der Waals surface area contributed by atoms with Crippen LogP contribution in [0.2, 0.25) is 0 Å². The topological polar surface area (TPSA) is 148 Å². The number of nitrogen functional groups attached to an aromatic ring is 1. The van der Waals surface area contributed by atoms with Gasteiger partial charge in [-0.05, 0) is 30.7 Å². The number of ether oxygens (including phenoxy) is 1. The molecule has 1 aliphatic heterocycles. The number of carbonyl (C=O) groups is 1. The van der Waals surface area contributed by atoms with Crippen LogP contribution in [0, 0.1) is 12.7 Å². The molecule has 200 valence electrons. The fourth-order valence-electron chi connectivity index (χ4n) is 4.30. The number of hydrogen-bond donors (Lipinski definition) is 3. The molecule has 11 nitrogen and oxygen atoms in total. The zero-order chi connectivity index (χ0) is 27.4. The minimum atomic E-state index is -0.959. The molecular weight excluding hydrogens is 493 g/mol. The van der Waals surface area contributed by atoms with Gasteiger partial charge in [0.1, 0.15) is 5.82 Å². The van der Waals surface area contributed by atoms with Gasteiger partial charge in [0.25, 0.3) is 5.91 Å². The van der Waals surface area contributed by atoms with Crippen LogP contribution in [0.3, 0.4) is 0 Å². The molecule has 0 fully saturated rings. The third-order valence-electron chi connectivity index (χ3n) is 6.08. The Morgan fingerprint density at radius 1 is 1.26 bits per heavy atom. The number of fused-ring (bicyclic) bond motifs is 1. The summed E-state index contributed by atoms with van der Waals surface area (Å²) in [5.74, 6) is 0.0400. The highest BCUT2D eigenvalue weighted by molar-refractivity contribution is 6.01. The first-order valence-corrected chi connectivity index (χ1v) is 12.0. The number of nitrogens with zero attached hydrogens (tertiary/aromatic N) is 5. The molecule has 38 heavy (non-hydrogen) atoms. The number of carbonyl (C=O) groups excluding carboxylic acids is 1. The standard InChI is InChI=1S/C26H30FN7O4/c1-14-23-20(32-26(28)29-14)13-19(31-24(23)33-38-21(10-11-35)25(36)34(2)3)16-9-8-15(27)12-17(16)18-6-5-7-22(30-18)37-4/h5-9,12,19,21,35H,10-11,13H2,1-4H3,(H,31,33)(H2,28,29,32)/t19-,21+/m1/s1. The molecule has 0 radical (unpaired) electrons. The number of hydroxylamine groups is 1. The van der Waals surface area contributed by atoms with E-state index in [1.54, 1.807) is 45.3 Å². The van der Waals surface area contributed by atoms with Crippen molar-refractivity contribution in [2.24, 2.45) is 4.99 Å². The molecule has 0 saturated heterocycles.